The maximum atomic E-state index is 13.4. The quantitative estimate of drug-likeness (QED) is 0.709. The van der Waals surface area contributed by atoms with E-state index in [2.05, 4.69) is 5.32 Å². The molecular formula is C22H21ClF2N4O3. The van der Waals surface area contributed by atoms with Crippen LogP contribution in [0, 0.1) is 11.6 Å². The summed E-state index contributed by atoms with van der Waals surface area (Å²) in [5.41, 5.74) is -0.384. The molecule has 2 aromatic carbocycles. The van der Waals surface area contributed by atoms with Crippen molar-refractivity contribution in [2.45, 2.75) is 12.5 Å². The standard InChI is InChI=1S/C22H21ClF2N4O3/c1-22(17-7-4-15(25)12-18(17)23)20(31)29(21(32)26-22)13-19(30)28-10-8-27(9-11-28)16-5-2-14(24)3-6-16/h2-7,12H,8-11,13H2,1H3,(H,26,32). The van der Waals surface area contributed by atoms with Gasteiger partial charge in [-0.3, -0.25) is 14.5 Å². The fraction of sp³-hybridized carbons (Fsp3) is 0.318. The SMILES string of the molecule is CC1(c2ccc(F)cc2Cl)NC(=O)N(CC(=O)N2CCN(c3ccc(F)cc3)CC2)C1=O. The maximum Gasteiger partial charge on any atom is 0.325 e. The Kier molecular flexibility index (Phi) is 5.77. The summed E-state index contributed by atoms with van der Waals surface area (Å²) in [6, 6.07) is 8.98. The summed E-state index contributed by atoms with van der Waals surface area (Å²) in [6.07, 6.45) is 0. The number of urea groups is 1. The molecule has 7 nitrogen and oxygen atoms in total. The molecule has 0 saturated carbocycles. The molecule has 0 radical (unpaired) electrons. The van der Waals surface area contributed by atoms with Crippen molar-refractivity contribution in [3.05, 3.63) is 64.7 Å². The second-order valence-corrected chi connectivity index (χ2v) is 8.32. The molecule has 32 heavy (non-hydrogen) atoms. The van der Waals surface area contributed by atoms with Crippen LogP contribution < -0.4 is 10.2 Å². The third kappa shape index (κ3) is 4.00. The predicted octanol–water partition coefficient (Wildman–Crippen LogP) is 2.73. The molecular weight excluding hydrogens is 442 g/mol. The minimum atomic E-state index is -1.50. The molecule has 0 aromatic heterocycles. The van der Waals surface area contributed by atoms with Gasteiger partial charge in [0.1, 0.15) is 23.7 Å². The van der Waals surface area contributed by atoms with E-state index < -0.39 is 29.8 Å². The Labute approximate surface area is 188 Å². The van der Waals surface area contributed by atoms with Crippen molar-refractivity contribution in [2.24, 2.45) is 0 Å². The molecule has 2 saturated heterocycles. The third-order valence-electron chi connectivity index (χ3n) is 5.86. The number of nitrogens with one attached hydrogen (secondary N) is 1. The van der Waals surface area contributed by atoms with Crippen LogP contribution in [0.1, 0.15) is 12.5 Å². The molecule has 4 rings (SSSR count). The van der Waals surface area contributed by atoms with Crippen LogP contribution in [0.3, 0.4) is 0 Å². The Balaban J connectivity index is 1.41. The maximum absolute atomic E-state index is 13.4. The average Bonchev–Trinajstić information content (AvgIpc) is 2.98. The first-order chi connectivity index (χ1) is 15.2. The van der Waals surface area contributed by atoms with Gasteiger partial charge >= 0.3 is 6.03 Å². The number of halogens is 3. The van der Waals surface area contributed by atoms with Crippen molar-refractivity contribution in [3.8, 4) is 0 Å². The summed E-state index contributed by atoms with van der Waals surface area (Å²) < 4.78 is 26.5. The van der Waals surface area contributed by atoms with E-state index in [0.717, 1.165) is 22.7 Å². The van der Waals surface area contributed by atoms with E-state index in [-0.39, 0.29) is 22.3 Å². The number of rotatable bonds is 4. The largest absolute Gasteiger partial charge is 0.368 e. The van der Waals surface area contributed by atoms with Crippen LogP contribution in [0.4, 0.5) is 19.3 Å². The van der Waals surface area contributed by atoms with Gasteiger partial charge in [0, 0.05) is 42.5 Å². The lowest BCUT2D eigenvalue weighted by Crippen LogP contribution is -2.52. The van der Waals surface area contributed by atoms with Crippen LogP contribution in [0.2, 0.25) is 5.02 Å². The average molecular weight is 463 g/mol. The molecule has 10 heteroatoms. The topological polar surface area (TPSA) is 73.0 Å². The molecule has 2 aliphatic rings. The van der Waals surface area contributed by atoms with Crippen molar-refractivity contribution in [3.63, 3.8) is 0 Å². The summed E-state index contributed by atoms with van der Waals surface area (Å²) in [4.78, 5) is 42.8. The molecule has 0 bridgehead atoms. The lowest BCUT2D eigenvalue weighted by Gasteiger charge is -2.36. The first-order valence-corrected chi connectivity index (χ1v) is 10.4. The Morgan fingerprint density at radius 3 is 2.28 bits per heavy atom. The van der Waals surface area contributed by atoms with E-state index in [9.17, 15) is 23.2 Å². The highest BCUT2D eigenvalue weighted by molar-refractivity contribution is 6.32. The van der Waals surface area contributed by atoms with Gasteiger partial charge in [-0.25, -0.2) is 13.6 Å². The summed E-state index contributed by atoms with van der Waals surface area (Å²) in [5.74, 6) is -1.87. The highest BCUT2D eigenvalue weighted by Crippen LogP contribution is 2.34. The zero-order valence-corrected chi connectivity index (χ0v) is 18.0. The Morgan fingerprint density at radius 2 is 1.66 bits per heavy atom. The molecule has 1 N–H and O–H groups in total. The predicted molar refractivity (Wildman–Crippen MR) is 114 cm³/mol. The number of hydrogen-bond acceptors (Lipinski definition) is 4. The number of amides is 4. The minimum absolute atomic E-state index is 0.00578. The van der Waals surface area contributed by atoms with Crippen LogP contribution in [0.15, 0.2) is 42.5 Å². The zero-order valence-electron chi connectivity index (χ0n) is 17.3. The lowest BCUT2D eigenvalue weighted by atomic mass is 9.92. The van der Waals surface area contributed by atoms with Gasteiger partial charge in [0.2, 0.25) is 5.91 Å². The van der Waals surface area contributed by atoms with Gasteiger partial charge in [-0.05, 0) is 43.3 Å². The number of piperazine rings is 1. The third-order valence-corrected chi connectivity index (χ3v) is 6.18. The van der Waals surface area contributed by atoms with Crippen LogP contribution in [-0.2, 0) is 15.1 Å². The summed E-state index contributed by atoms with van der Waals surface area (Å²) >= 11 is 6.10. The van der Waals surface area contributed by atoms with Gasteiger partial charge in [0.15, 0.2) is 0 Å². The highest BCUT2D eigenvalue weighted by atomic mass is 35.5. The van der Waals surface area contributed by atoms with Gasteiger partial charge in [0.05, 0.1) is 0 Å². The second kappa shape index (κ2) is 8.38. The molecule has 0 spiro atoms. The van der Waals surface area contributed by atoms with Gasteiger partial charge in [0.25, 0.3) is 5.91 Å². The first kappa shape index (κ1) is 22.0. The van der Waals surface area contributed by atoms with E-state index >= 15 is 0 Å². The molecule has 0 aliphatic carbocycles. The van der Waals surface area contributed by atoms with E-state index in [1.807, 2.05) is 4.90 Å². The van der Waals surface area contributed by atoms with Gasteiger partial charge < -0.3 is 15.1 Å². The van der Waals surface area contributed by atoms with E-state index in [0.29, 0.717) is 26.2 Å². The highest BCUT2D eigenvalue weighted by Gasteiger charge is 2.50. The summed E-state index contributed by atoms with van der Waals surface area (Å²) in [7, 11) is 0. The lowest BCUT2D eigenvalue weighted by molar-refractivity contribution is -0.139. The van der Waals surface area contributed by atoms with Crippen molar-refractivity contribution in [1.82, 2.24) is 15.1 Å². The normalized spacial score (nSPS) is 21.2. The molecule has 1 unspecified atom stereocenters. The van der Waals surface area contributed by atoms with E-state index in [1.54, 1.807) is 17.0 Å². The monoisotopic (exact) mass is 462 g/mol. The van der Waals surface area contributed by atoms with E-state index in [1.165, 1.54) is 25.1 Å². The van der Waals surface area contributed by atoms with Crippen molar-refractivity contribution >= 4 is 35.1 Å². The number of benzene rings is 2. The second-order valence-electron chi connectivity index (χ2n) is 7.91. The molecule has 1 atom stereocenters. The molecule has 2 fully saturated rings. The van der Waals surface area contributed by atoms with Crippen molar-refractivity contribution in [1.29, 1.82) is 0 Å². The number of imide groups is 1. The first-order valence-electron chi connectivity index (χ1n) is 10.1. The van der Waals surface area contributed by atoms with Crippen LogP contribution >= 0.6 is 11.6 Å². The van der Waals surface area contributed by atoms with Crippen LogP contribution in [-0.4, -0.2) is 60.4 Å². The molecule has 168 valence electrons. The summed E-state index contributed by atoms with van der Waals surface area (Å²) in [5, 5.41) is 2.57. The Morgan fingerprint density at radius 1 is 1.03 bits per heavy atom. The molecule has 2 aromatic rings. The number of nitrogens with zero attached hydrogens (tertiary/aromatic N) is 3. The number of carbonyl (C=O) groups is 3. The molecule has 2 heterocycles. The fourth-order valence-corrected chi connectivity index (χ4v) is 4.38. The Hall–Kier alpha value is -3.20. The number of hydrogen-bond donors (Lipinski definition) is 1. The van der Waals surface area contributed by atoms with Crippen LogP contribution in [0.5, 0.6) is 0 Å². The van der Waals surface area contributed by atoms with Gasteiger partial charge in [-0.1, -0.05) is 17.7 Å². The van der Waals surface area contributed by atoms with Crippen LogP contribution in [0.25, 0.3) is 0 Å². The molecule has 4 amide bonds. The minimum Gasteiger partial charge on any atom is -0.368 e. The van der Waals surface area contributed by atoms with Gasteiger partial charge in [-0.15, -0.1) is 0 Å². The molecule has 2 aliphatic heterocycles. The zero-order chi connectivity index (χ0) is 23.0. The summed E-state index contributed by atoms with van der Waals surface area (Å²) in [6.45, 7) is 2.95. The van der Waals surface area contributed by atoms with Gasteiger partial charge in [-0.2, -0.15) is 0 Å². The fourth-order valence-electron chi connectivity index (χ4n) is 4.02. The number of carbonyl (C=O) groups excluding carboxylic acids is 3. The van der Waals surface area contributed by atoms with Crippen molar-refractivity contribution < 1.29 is 23.2 Å². The van der Waals surface area contributed by atoms with E-state index in [4.69, 9.17) is 11.6 Å². The van der Waals surface area contributed by atoms with Crippen molar-refractivity contribution in [2.75, 3.05) is 37.6 Å². The number of anilines is 1. The smallest absolute Gasteiger partial charge is 0.325 e. The Bertz CT molecular complexity index is 1070.